The third kappa shape index (κ3) is 4.85. The summed E-state index contributed by atoms with van der Waals surface area (Å²) in [5.41, 5.74) is 6.61. The number of fused-ring (bicyclic) bond motifs is 1. The second-order valence-electron chi connectivity index (χ2n) is 6.80. The molecule has 32 heavy (non-hydrogen) atoms. The Hall–Kier alpha value is -3.95. The van der Waals surface area contributed by atoms with E-state index in [-0.39, 0.29) is 23.9 Å². The number of ether oxygens (including phenoxy) is 1. The molecule has 0 aliphatic heterocycles. The molecule has 1 aromatic heterocycles. The van der Waals surface area contributed by atoms with E-state index in [1.54, 1.807) is 24.3 Å². The van der Waals surface area contributed by atoms with Gasteiger partial charge < -0.3 is 26.2 Å². The fourth-order valence-corrected chi connectivity index (χ4v) is 3.94. The predicted molar refractivity (Wildman–Crippen MR) is 125 cm³/mol. The van der Waals surface area contributed by atoms with Gasteiger partial charge in [0.15, 0.2) is 10.8 Å². The van der Waals surface area contributed by atoms with Crippen molar-refractivity contribution in [1.82, 2.24) is 4.98 Å². The predicted octanol–water partition coefficient (Wildman–Crippen LogP) is 3.76. The molecule has 1 heterocycles. The number of nitrogens with two attached hydrogens (primary N) is 1. The number of amides is 2. The fraction of sp³-hybridized carbons (Fsp3) is 0.0870. The number of carbonyl (C=O) groups is 2. The number of primary amides is 1. The third-order valence-electron chi connectivity index (χ3n) is 4.56. The summed E-state index contributed by atoms with van der Waals surface area (Å²) in [6, 6.07) is 20.2. The van der Waals surface area contributed by atoms with Gasteiger partial charge in [0, 0.05) is 11.3 Å². The molecule has 0 saturated heterocycles. The summed E-state index contributed by atoms with van der Waals surface area (Å²) in [5.74, 6) is -0.619. The van der Waals surface area contributed by atoms with E-state index in [0.29, 0.717) is 16.4 Å². The van der Waals surface area contributed by atoms with Gasteiger partial charge in [-0.15, -0.1) is 0 Å². The maximum absolute atomic E-state index is 12.6. The van der Waals surface area contributed by atoms with Crippen molar-refractivity contribution in [2.45, 2.75) is 0 Å². The van der Waals surface area contributed by atoms with Crippen molar-refractivity contribution in [1.29, 1.82) is 0 Å². The number of aromatic nitrogens is 1. The van der Waals surface area contributed by atoms with Gasteiger partial charge in [0.05, 0.1) is 6.61 Å². The van der Waals surface area contributed by atoms with Crippen molar-refractivity contribution in [2.24, 2.45) is 5.73 Å². The number of hydrogen-bond donors (Lipinski definition) is 4. The van der Waals surface area contributed by atoms with Crippen LogP contribution in [0.4, 0.5) is 15.8 Å². The van der Waals surface area contributed by atoms with E-state index >= 15 is 0 Å². The minimum atomic E-state index is -0.740. The summed E-state index contributed by atoms with van der Waals surface area (Å²) in [6.45, 7) is 0.0699. The molecule has 0 radical (unpaired) electrons. The van der Waals surface area contributed by atoms with Crippen LogP contribution >= 0.6 is 11.3 Å². The highest BCUT2D eigenvalue weighted by molar-refractivity contribution is 7.20. The first-order valence-corrected chi connectivity index (χ1v) is 10.6. The zero-order valence-corrected chi connectivity index (χ0v) is 17.7. The molecule has 4 rings (SSSR count). The van der Waals surface area contributed by atoms with E-state index in [4.69, 9.17) is 15.6 Å². The van der Waals surface area contributed by atoms with Crippen LogP contribution < -0.4 is 21.1 Å². The Balaban J connectivity index is 1.52. The standard InChI is InChI=1S/C23H20N4O4S/c24-20(29)19-22(27-21(30)15-6-9-18(10-7-15)31-12-11-28)32-23(26-19)25-17-8-5-14-3-1-2-4-16(14)13-17/h1-10,13,28H,11-12H2,(H2,24,29)(H,25,26)(H,27,30). The Morgan fingerprint density at radius 3 is 2.50 bits per heavy atom. The SMILES string of the molecule is NC(=O)c1nc(Nc2ccc3ccccc3c2)sc1NC(=O)c1ccc(OCCO)cc1. The van der Waals surface area contributed by atoms with Gasteiger partial charge in [0.25, 0.3) is 11.8 Å². The Morgan fingerprint density at radius 2 is 1.78 bits per heavy atom. The first-order chi connectivity index (χ1) is 15.5. The van der Waals surface area contributed by atoms with Gasteiger partial charge in [0.2, 0.25) is 0 Å². The van der Waals surface area contributed by atoms with Gasteiger partial charge in [-0.3, -0.25) is 9.59 Å². The molecule has 0 atom stereocenters. The van der Waals surface area contributed by atoms with Gasteiger partial charge in [0.1, 0.15) is 17.4 Å². The molecule has 5 N–H and O–H groups in total. The molecular formula is C23H20N4O4S. The molecule has 0 aliphatic rings. The normalized spacial score (nSPS) is 10.7. The second kappa shape index (κ2) is 9.46. The number of benzene rings is 3. The molecular weight excluding hydrogens is 428 g/mol. The highest BCUT2D eigenvalue weighted by atomic mass is 32.1. The highest BCUT2D eigenvalue weighted by Gasteiger charge is 2.19. The molecule has 162 valence electrons. The van der Waals surface area contributed by atoms with Crippen molar-refractivity contribution in [3.63, 3.8) is 0 Å². The molecule has 0 bridgehead atoms. The Kier molecular flexibility index (Phi) is 6.29. The highest BCUT2D eigenvalue weighted by Crippen LogP contribution is 2.32. The van der Waals surface area contributed by atoms with Gasteiger partial charge in [-0.05, 0) is 47.2 Å². The van der Waals surface area contributed by atoms with Crippen LogP contribution in [0.1, 0.15) is 20.8 Å². The number of thiazole rings is 1. The average molecular weight is 449 g/mol. The van der Waals surface area contributed by atoms with E-state index in [1.165, 1.54) is 0 Å². The number of anilines is 3. The first-order valence-electron chi connectivity index (χ1n) is 9.75. The molecule has 4 aromatic rings. The maximum Gasteiger partial charge on any atom is 0.270 e. The largest absolute Gasteiger partial charge is 0.491 e. The van der Waals surface area contributed by atoms with Crippen LogP contribution in [0.25, 0.3) is 10.8 Å². The molecule has 0 aliphatic carbocycles. The molecule has 2 amide bonds. The van der Waals surface area contributed by atoms with Gasteiger partial charge in [-0.2, -0.15) is 0 Å². The van der Waals surface area contributed by atoms with Gasteiger partial charge in [-0.25, -0.2) is 4.98 Å². The summed E-state index contributed by atoms with van der Waals surface area (Å²) in [6.07, 6.45) is 0. The first kappa shape index (κ1) is 21.3. The number of aliphatic hydroxyl groups excluding tert-OH is 1. The topological polar surface area (TPSA) is 127 Å². The van der Waals surface area contributed by atoms with Crippen LogP contribution in [0, 0.1) is 0 Å². The zero-order valence-electron chi connectivity index (χ0n) is 16.9. The Labute approximate surface area is 187 Å². The van der Waals surface area contributed by atoms with Crippen LogP contribution in [0.3, 0.4) is 0 Å². The smallest absolute Gasteiger partial charge is 0.270 e. The van der Waals surface area contributed by atoms with Crippen LogP contribution in [-0.4, -0.2) is 35.1 Å². The lowest BCUT2D eigenvalue weighted by Gasteiger charge is -2.06. The van der Waals surface area contributed by atoms with E-state index in [0.717, 1.165) is 27.8 Å². The number of hydrogen-bond acceptors (Lipinski definition) is 7. The summed E-state index contributed by atoms with van der Waals surface area (Å²) >= 11 is 1.12. The van der Waals surface area contributed by atoms with Crippen molar-refractivity contribution < 1.29 is 19.4 Å². The van der Waals surface area contributed by atoms with Crippen molar-refractivity contribution in [3.8, 4) is 5.75 Å². The lowest BCUT2D eigenvalue weighted by molar-refractivity contribution is 0.0997. The van der Waals surface area contributed by atoms with Gasteiger partial charge in [-0.1, -0.05) is 41.7 Å². The number of nitrogens with zero attached hydrogens (tertiary/aromatic N) is 1. The molecule has 0 unspecified atom stereocenters. The van der Waals surface area contributed by atoms with Crippen molar-refractivity contribution in [3.05, 3.63) is 78.0 Å². The Morgan fingerprint density at radius 1 is 1.03 bits per heavy atom. The van der Waals surface area contributed by atoms with E-state index in [1.807, 2.05) is 42.5 Å². The van der Waals surface area contributed by atoms with Crippen LogP contribution in [-0.2, 0) is 0 Å². The zero-order chi connectivity index (χ0) is 22.5. The quantitative estimate of drug-likeness (QED) is 0.325. The monoisotopic (exact) mass is 448 g/mol. The number of carbonyl (C=O) groups excluding carboxylic acids is 2. The fourth-order valence-electron chi connectivity index (χ4n) is 3.06. The minimum absolute atomic E-state index is 0.0189. The molecule has 0 saturated carbocycles. The Bertz CT molecular complexity index is 1270. The van der Waals surface area contributed by atoms with E-state index in [9.17, 15) is 9.59 Å². The lowest BCUT2D eigenvalue weighted by atomic mass is 10.1. The number of nitrogens with one attached hydrogen (secondary N) is 2. The van der Waals surface area contributed by atoms with E-state index < -0.39 is 11.8 Å². The second-order valence-corrected chi connectivity index (χ2v) is 7.80. The minimum Gasteiger partial charge on any atom is -0.491 e. The number of rotatable bonds is 8. The van der Waals surface area contributed by atoms with Crippen LogP contribution in [0.15, 0.2) is 66.7 Å². The summed E-state index contributed by atoms with van der Waals surface area (Å²) in [5, 5.41) is 17.5. The van der Waals surface area contributed by atoms with E-state index in [2.05, 4.69) is 15.6 Å². The van der Waals surface area contributed by atoms with Crippen LogP contribution in [0.2, 0.25) is 0 Å². The maximum atomic E-state index is 12.6. The van der Waals surface area contributed by atoms with Crippen molar-refractivity contribution >= 4 is 49.7 Å². The molecule has 0 spiro atoms. The van der Waals surface area contributed by atoms with Gasteiger partial charge >= 0.3 is 0 Å². The number of aliphatic hydroxyl groups is 1. The summed E-state index contributed by atoms with van der Waals surface area (Å²) in [4.78, 5) is 28.8. The molecule has 0 fully saturated rings. The van der Waals surface area contributed by atoms with Crippen LogP contribution in [0.5, 0.6) is 5.75 Å². The molecule has 3 aromatic carbocycles. The molecule has 9 heteroatoms. The summed E-state index contributed by atoms with van der Waals surface area (Å²) in [7, 11) is 0. The summed E-state index contributed by atoms with van der Waals surface area (Å²) < 4.78 is 5.29. The average Bonchev–Trinajstić information content (AvgIpc) is 3.20. The third-order valence-corrected chi connectivity index (χ3v) is 5.45. The van der Waals surface area contributed by atoms with Crippen molar-refractivity contribution in [2.75, 3.05) is 23.8 Å². The molecule has 8 nitrogen and oxygen atoms in total. The lowest BCUT2D eigenvalue weighted by Crippen LogP contribution is -2.17.